The van der Waals surface area contributed by atoms with Crippen molar-refractivity contribution in [1.29, 1.82) is 0 Å². The van der Waals surface area contributed by atoms with E-state index in [0.717, 1.165) is 0 Å². The molecule has 0 aromatic heterocycles. The van der Waals surface area contributed by atoms with Gasteiger partial charge in [-0.25, -0.2) is 5.43 Å². The highest BCUT2D eigenvalue weighted by molar-refractivity contribution is 6.39. The summed E-state index contributed by atoms with van der Waals surface area (Å²) < 4.78 is 0. The number of anilines is 1. The lowest BCUT2D eigenvalue weighted by atomic mass is 10.2. The van der Waals surface area contributed by atoms with Gasteiger partial charge < -0.3 is 16.2 Å². The predicted octanol–water partition coefficient (Wildman–Crippen LogP) is 0.580. The number of aromatic hydroxyl groups is 1. The van der Waals surface area contributed by atoms with Crippen molar-refractivity contribution >= 4 is 29.6 Å². The SMILES string of the molecule is NC(=O)c1ccc(NC(=O)C(=O)NN=Cc2ccccc2O)cc1. The van der Waals surface area contributed by atoms with E-state index in [1.54, 1.807) is 18.2 Å². The van der Waals surface area contributed by atoms with E-state index in [2.05, 4.69) is 10.4 Å². The van der Waals surface area contributed by atoms with Crippen LogP contribution in [0.4, 0.5) is 5.69 Å². The third-order valence-corrected chi connectivity index (χ3v) is 2.94. The van der Waals surface area contributed by atoms with Crippen LogP contribution in [-0.2, 0) is 9.59 Å². The van der Waals surface area contributed by atoms with Gasteiger partial charge in [0.25, 0.3) is 0 Å². The second-order valence-electron chi connectivity index (χ2n) is 4.65. The second-order valence-corrected chi connectivity index (χ2v) is 4.65. The number of nitrogens with one attached hydrogen (secondary N) is 2. The Kier molecular flexibility index (Phi) is 5.24. The van der Waals surface area contributed by atoms with Crippen LogP contribution in [0.25, 0.3) is 0 Å². The largest absolute Gasteiger partial charge is 0.507 e. The molecule has 24 heavy (non-hydrogen) atoms. The molecule has 2 aromatic rings. The van der Waals surface area contributed by atoms with Crippen molar-refractivity contribution in [1.82, 2.24) is 5.43 Å². The number of carbonyl (C=O) groups is 3. The molecule has 0 saturated carbocycles. The van der Waals surface area contributed by atoms with Crippen molar-refractivity contribution in [3.8, 4) is 5.75 Å². The Balaban J connectivity index is 1.91. The van der Waals surface area contributed by atoms with Gasteiger partial charge >= 0.3 is 11.8 Å². The molecule has 5 N–H and O–H groups in total. The minimum atomic E-state index is -0.986. The first-order valence-corrected chi connectivity index (χ1v) is 6.79. The molecule has 2 aromatic carbocycles. The number of benzene rings is 2. The highest BCUT2D eigenvalue weighted by Crippen LogP contribution is 2.12. The summed E-state index contributed by atoms with van der Waals surface area (Å²) in [4.78, 5) is 34.3. The smallest absolute Gasteiger partial charge is 0.329 e. The lowest BCUT2D eigenvalue weighted by Crippen LogP contribution is -2.32. The Morgan fingerprint density at radius 1 is 1.00 bits per heavy atom. The first kappa shape index (κ1) is 16.7. The summed E-state index contributed by atoms with van der Waals surface area (Å²) in [6.07, 6.45) is 1.21. The Labute approximate surface area is 137 Å². The number of carbonyl (C=O) groups excluding carboxylic acids is 3. The van der Waals surface area contributed by atoms with E-state index >= 15 is 0 Å². The Morgan fingerprint density at radius 2 is 1.67 bits per heavy atom. The number of nitrogens with two attached hydrogens (primary N) is 1. The highest BCUT2D eigenvalue weighted by Gasteiger charge is 2.13. The number of hydrogen-bond acceptors (Lipinski definition) is 5. The molecule has 0 bridgehead atoms. The molecule has 3 amide bonds. The first-order chi connectivity index (χ1) is 11.5. The number of hydrogen-bond donors (Lipinski definition) is 4. The van der Waals surface area contributed by atoms with Crippen molar-refractivity contribution in [2.75, 3.05) is 5.32 Å². The fraction of sp³-hybridized carbons (Fsp3) is 0. The van der Waals surface area contributed by atoms with Crippen molar-refractivity contribution in [3.05, 3.63) is 59.7 Å². The molecule has 0 aliphatic rings. The van der Waals surface area contributed by atoms with Gasteiger partial charge in [0.15, 0.2) is 0 Å². The Hall–Kier alpha value is -3.68. The van der Waals surface area contributed by atoms with Gasteiger partial charge in [0.2, 0.25) is 5.91 Å². The number of phenolic OH excluding ortho intramolecular Hbond substituents is 1. The quantitative estimate of drug-likeness (QED) is 0.371. The number of nitrogens with zero attached hydrogens (tertiary/aromatic N) is 1. The normalized spacial score (nSPS) is 10.3. The van der Waals surface area contributed by atoms with Crippen molar-refractivity contribution < 1.29 is 19.5 Å². The van der Waals surface area contributed by atoms with Crippen LogP contribution in [0.5, 0.6) is 5.75 Å². The molecular weight excluding hydrogens is 312 g/mol. The molecule has 2 rings (SSSR count). The molecule has 0 aliphatic heterocycles. The lowest BCUT2D eigenvalue weighted by Gasteiger charge is -2.04. The second kappa shape index (κ2) is 7.54. The highest BCUT2D eigenvalue weighted by atomic mass is 16.3. The Bertz CT molecular complexity index is 800. The third kappa shape index (κ3) is 4.41. The fourth-order valence-electron chi connectivity index (χ4n) is 1.71. The van der Waals surface area contributed by atoms with Gasteiger partial charge in [0.1, 0.15) is 5.75 Å². The maximum atomic E-state index is 11.7. The fourth-order valence-corrected chi connectivity index (χ4v) is 1.71. The molecule has 0 radical (unpaired) electrons. The lowest BCUT2D eigenvalue weighted by molar-refractivity contribution is -0.136. The minimum Gasteiger partial charge on any atom is -0.507 e. The Morgan fingerprint density at radius 3 is 2.29 bits per heavy atom. The van der Waals surface area contributed by atoms with Gasteiger partial charge in [-0.2, -0.15) is 5.10 Å². The van der Waals surface area contributed by atoms with Gasteiger partial charge in [0, 0.05) is 16.8 Å². The van der Waals surface area contributed by atoms with Gasteiger partial charge in [-0.1, -0.05) is 12.1 Å². The van der Waals surface area contributed by atoms with E-state index in [1.807, 2.05) is 5.43 Å². The minimum absolute atomic E-state index is 0.00510. The van der Waals surface area contributed by atoms with Crippen LogP contribution in [0.15, 0.2) is 53.6 Å². The number of phenols is 1. The summed E-state index contributed by atoms with van der Waals surface area (Å²) in [7, 11) is 0. The number of rotatable bonds is 4. The maximum Gasteiger partial charge on any atom is 0.329 e. The van der Waals surface area contributed by atoms with E-state index in [1.165, 1.54) is 36.5 Å². The monoisotopic (exact) mass is 326 g/mol. The average Bonchev–Trinajstić information content (AvgIpc) is 2.57. The summed E-state index contributed by atoms with van der Waals surface area (Å²) in [5.74, 6) is -2.52. The standard InChI is InChI=1S/C16H14N4O4/c17-14(22)10-5-7-12(8-6-10)19-15(23)16(24)20-18-9-11-3-1-2-4-13(11)21/h1-9,21H,(H2,17,22)(H,19,23)(H,20,24). The molecule has 8 nitrogen and oxygen atoms in total. The predicted molar refractivity (Wildman–Crippen MR) is 87.4 cm³/mol. The molecule has 122 valence electrons. The molecule has 0 heterocycles. The maximum absolute atomic E-state index is 11.7. The van der Waals surface area contributed by atoms with Gasteiger partial charge in [0.05, 0.1) is 6.21 Å². The molecule has 0 fully saturated rings. The van der Waals surface area contributed by atoms with E-state index in [0.29, 0.717) is 11.3 Å². The van der Waals surface area contributed by atoms with Crippen molar-refractivity contribution in [2.24, 2.45) is 10.8 Å². The summed E-state index contributed by atoms with van der Waals surface area (Å²) >= 11 is 0. The summed E-state index contributed by atoms with van der Waals surface area (Å²) in [5.41, 5.74) is 8.14. The van der Waals surface area contributed by atoms with E-state index in [4.69, 9.17) is 5.73 Å². The van der Waals surface area contributed by atoms with Crippen LogP contribution in [0, 0.1) is 0 Å². The van der Waals surface area contributed by atoms with Crippen LogP contribution in [-0.4, -0.2) is 29.0 Å². The van der Waals surface area contributed by atoms with Crippen molar-refractivity contribution in [2.45, 2.75) is 0 Å². The summed E-state index contributed by atoms with van der Waals surface area (Å²) in [6, 6.07) is 12.1. The van der Waals surface area contributed by atoms with Crippen LogP contribution in [0.2, 0.25) is 0 Å². The van der Waals surface area contributed by atoms with E-state index in [9.17, 15) is 19.5 Å². The van der Waals surface area contributed by atoms with Crippen LogP contribution < -0.4 is 16.5 Å². The van der Waals surface area contributed by atoms with Gasteiger partial charge in [-0.15, -0.1) is 0 Å². The molecule has 0 atom stereocenters. The van der Waals surface area contributed by atoms with Gasteiger partial charge in [-0.05, 0) is 36.4 Å². The van der Waals surface area contributed by atoms with Crippen molar-refractivity contribution in [3.63, 3.8) is 0 Å². The third-order valence-electron chi connectivity index (χ3n) is 2.94. The molecule has 0 unspecified atom stereocenters. The topological polar surface area (TPSA) is 134 Å². The van der Waals surface area contributed by atoms with Crippen LogP contribution in [0.1, 0.15) is 15.9 Å². The molecule has 0 saturated heterocycles. The van der Waals surface area contributed by atoms with E-state index in [-0.39, 0.29) is 11.3 Å². The zero-order chi connectivity index (χ0) is 17.5. The number of para-hydroxylation sites is 1. The number of primary amides is 1. The number of hydrazone groups is 1. The average molecular weight is 326 g/mol. The summed E-state index contributed by atoms with van der Waals surface area (Å²) in [5, 5.41) is 15.5. The molecule has 0 spiro atoms. The van der Waals surface area contributed by atoms with Crippen LogP contribution in [0.3, 0.4) is 0 Å². The number of amides is 3. The zero-order valence-corrected chi connectivity index (χ0v) is 12.4. The van der Waals surface area contributed by atoms with Crippen LogP contribution >= 0.6 is 0 Å². The molecule has 8 heteroatoms. The molecular formula is C16H14N4O4. The van der Waals surface area contributed by atoms with Gasteiger partial charge in [-0.3, -0.25) is 14.4 Å². The first-order valence-electron chi connectivity index (χ1n) is 6.79. The summed E-state index contributed by atoms with van der Waals surface area (Å²) in [6.45, 7) is 0. The molecule has 0 aliphatic carbocycles. The van der Waals surface area contributed by atoms with E-state index < -0.39 is 17.7 Å². The zero-order valence-electron chi connectivity index (χ0n) is 12.4.